The predicted octanol–water partition coefficient (Wildman–Crippen LogP) is 6.01. The smallest absolute Gasteiger partial charge is 0.240 e. The van der Waals surface area contributed by atoms with Gasteiger partial charge in [0, 0.05) is 11.4 Å². The van der Waals surface area contributed by atoms with Crippen LogP contribution in [0.15, 0.2) is 77.9 Å². The van der Waals surface area contributed by atoms with Gasteiger partial charge in [0.1, 0.15) is 5.75 Å². The van der Waals surface area contributed by atoms with Gasteiger partial charge in [0.25, 0.3) is 0 Å². The topological polar surface area (TPSA) is 50.7 Å². The van der Waals surface area contributed by atoms with Crippen molar-refractivity contribution in [1.29, 1.82) is 0 Å². The molecule has 5 heteroatoms. The maximum absolute atomic E-state index is 12.0. The van der Waals surface area contributed by atoms with Crippen molar-refractivity contribution in [3.8, 4) is 16.9 Å². The first-order chi connectivity index (χ1) is 14.5. The zero-order valence-electron chi connectivity index (χ0n) is 17.2. The summed E-state index contributed by atoms with van der Waals surface area (Å²) in [6, 6.07) is 23.8. The second-order valence-electron chi connectivity index (χ2n) is 7.04. The first-order valence-electron chi connectivity index (χ1n) is 9.91. The van der Waals surface area contributed by atoms with Crippen LogP contribution in [-0.2, 0) is 4.79 Å². The SMILES string of the molecule is C/C(=N\NC(=O)CCCOc1ccc(Cl)cc1C)c1ccc(-c2ccccc2)cc1. The third kappa shape index (κ3) is 6.19. The van der Waals surface area contributed by atoms with Crippen LogP contribution in [0.1, 0.15) is 30.9 Å². The first kappa shape index (κ1) is 21.6. The molecular formula is C25H25ClN2O2. The predicted molar refractivity (Wildman–Crippen MR) is 123 cm³/mol. The van der Waals surface area contributed by atoms with Gasteiger partial charge in [0.2, 0.25) is 5.91 Å². The number of hydrogen-bond donors (Lipinski definition) is 1. The van der Waals surface area contributed by atoms with Crippen molar-refractivity contribution in [2.75, 3.05) is 6.61 Å². The summed E-state index contributed by atoms with van der Waals surface area (Å²) in [5.74, 6) is 0.652. The summed E-state index contributed by atoms with van der Waals surface area (Å²) in [5.41, 5.74) is 7.64. The van der Waals surface area contributed by atoms with Gasteiger partial charge in [-0.2, -0.15) is 5.10 Å². The normalized spacial score (nSPS) is 11.2. The van der Waals surface area contributed by atoms with Crippen molar-refractivity contribution in [1.82, 2.24) is 5.43 Å². The lowest BCUT2D eigenvalue weighted by atomic mass is 10.0. The molecule has 0 spiro atoms. The van der Waals surface area contributed by atoms with E-state index in [4.69, 9.17) is 16.3 Å². The largest absolute Gasteiger partial charge is 0.493 e. The average Bonchev–Trinajstić information content (AvgIpc) is 2.77. The van der Waals surface area contributed by atoms with Crippen LogP contribution in [0.5, 0.6) is 5.75 Å². The third-order valence-corrected chi connectivity index (χ3v) is 4.94. The molecule has 3 aromatic carbocycles. The summed E-state index contributed by atoms with van der Waals surface area (Å²) in [4.78, 5) is 12.0. The lowest BCUT2D eigenvalue weighted by molar-refractivity contribution is -0.121. The zero-order valence-corrected chi connectivity index (χ0v) is 17.9. The summed E-state index contributed by atoms with van der Waals surface area (Å²) < 4.78 is 5.71. The Hall–Kier alpha value is -3.11. The van der Waals surface area contributed by atoms with E-state index < -0.39 is 0 Å². The fourth-order valence-corrected chi connectivity index (χ4v) is 3.22. The summed E-state index contributed by atoms with van der Waals surface area (Å²) in [6.45, 7) is 4.28. The number of carbonyl (C=O) groups is 1. The first-order valence-corrected chi connectivity index (χ1v) is 10.3. The molecular weight excluding hydrogens is 396 g/mol. The van der Waals surface area contributed by atoms with Gasteiger partial charge < -0.3 is 4.74 Å². The minimum Gasteiger partial charge on any atom is -0.493 e. The van der Waals surface area contributed by atoms with Crippen LogP contribution in [0.2, 0.25) is 5.02 Å². The molecule has 0 aliphatic heterocycles. The van der Waals surface area contributed by atoms with Gasteiger partial charge in [-0.1, -0.05) is 66.2 Å². The Morgan fingerprint density at radius 2 is 1.70 bits per heavy atom. The van der Waals surface area contributed by atoms with E-state index in [0.29, 0.717) is 24.5 Å². The number of nitrogens with zero attached hydrogens (tertiary/aromatic N) is 1. The van der Waals surface area contributed by atoms with Crippen molar-refractivity contribution in [3.05, 3.63) is 88.9 Å². The molecule has 4 nitrogen and oxygen atoms in total. The van der Waals surface area contributed by atoms with Gasteiger partial charge in [0.15, 0.2) is 0 Å². The summed E-state index contributed by atoms with van der Waals surface area (Å²) in [5, 5.41) is 4.90. The van der Waals surface area contributed by atoms with Gasteiger partial charge in [0.05, 0.1) is 12.3 Å². The molecule has 154 valence electrons. The highest BCUT2D eigenvalue weighted by molar-refractivity contribution is 6.30. The average molecular weight is 421 g/mol. The van der Waals surface area contributed by atoms with Crippen molar-refractivity contribution in [3.63, 3.8) is 0 Å². The molecule has 0 radical (unpaired) electrons. The van der Waals surface area contributed by atoms with E-state index in [1.165, 1.54) is 5.56 Å². The maximum Gasteiger partial charge on any atom is 0.240 e. The van der Waals surface area contributed by atoms with E-state index in [9.17, 15) is 4.79 Å². The second-order valence-corrected chi connectivity index (χ2v) is 7.47. The minimum atomic E-state index is -0.133. The fraction of sp³-hybridized carbons (Fsp3) is 0.200. The fourth-order valence-electron chi connectivity index (χ4n) is 2.99. The number of rotatable bonds is 8. The number of amides is 1. The Morgan fingerprint density at radius 1 is 1.00 bits per heavy atom. The molecule has 0 heterocycles. The molecule has 0 aliphatic carbocycles. The molecule has 0 saturated carbocycles. The minimum absolute atomic E-state index is 0.133. The van der Waals surface area contributed by atoms with Crippen LogP contribution in [0, 0.1) is 6.92 Å². The highest BCUT2D eigenvalue weighted by Gasteiger charge is 2.04. The number of benzene rings is 3. The van der Waals surface area contributed by atoms with Gasteiger partial charge in [-0.3, -0.25) is 4.79 Å². The van der Waals surface area contributed by atoms with E-state index >= 15 is 0 Å². The number of nitrogens with one attached hydrogen (secondary N) is 1. The van der Waals surface area contributed by atoms with Crippen LogP contribution in [0.25, 0.3) is 11.1 Å². The molecule has 0 atom stereocenters. The molecule has 1 N–H and O–H groups in total. The monoisotopic (exact) mass is 420 g/mol. The third-order valence-electron chi connectivity index (χ3n) is 4.70. The molecule has 0 aliphatic rings. The highest BCUT2D eigenvalue weighted by Crippen LogP contribution is 2.22. The number of carbonyl (C=O) groups excluding carboxylic acids is 1. The van der Waals surface area contributed by atoms with E-state index in [0.717, 1.165) is 28.2 Å². The molecule has 3 aromatic rings. The molecule has 30 heavy (non-hydrogen) atoms. The van der Waals surface area contributed by atoms with E-state index in [1.54, 1.807) is 6.07 Å². The lowest BCUT2D eigenvalue weighted by Gasteiger charge is -2.09. The Kier molecular flexibility index (Phi) is 7.63. The number of halogens is 1. The molecule has 1 amide bonds. The maximum atomic E-state index is 12.0. The van der Waals surface area contributed by atoms with Crippen LogP contribution < -0.4 is 10.2 Å². The number of hydrazone groups is 1. The van der Waals surface area contributed by atoms with Crippen LogP contribution in [-0.4, -0.2) is 18.2 Å². The standard InChI is InChI=1S/C25H25ClN2O2/c1-18-17-23(26)14-15-24(18)30-16-6-9-25(29)28-27-19(2)20-10-12-22(13-11-20)21-7-4-3-5-8-21/h3-5,7-8,10-15,17H,6,9,16H2,1-2H3,(H,28,29)/b27-19+. The molecule has 0 unspecified atom stereocenters. The Morgan fingerprint density at radius 3 is 2.40 bits per heavy atom. The van der Waals surface area contributed by atoms with Gasteiger partial charge in [-0.15, -0.1) is 0 Å². The number of ether oxygens (including phenoxy) is 1. The number of hydrogen-bond acceptors (Lipinski definition) is 3. The van der Waals surface area contributed by atoms with Gasteiger partial charge in [-0.25, -0.2) is 5.43 Å². The quantitative estimate of drug-likeness (QED) is 0.275. The van der Waals surface area contributed by atoms with E-state index in [2.05, 4.69) is 34.8 Å². The van der Waals surface area contributed by atoms with Crippen LogP contribution in [0.3, 0.4) is 0 Å². The highest BCUT2D eigenvalue weighted by atomic mass is 35.5. The summed E-state index contributed by atoms with van der Waals surface area (Å²) in [6.07, 6.45) is 0.949. The lowest BCUT2D eigenvalue weighted by Crippen LogP contribution is -2.19. The van der Waals surface area contributed by atoms with Gasteiger partial charge >= 0.3 is 0 Å². The summed E-state index contributed by atoms with van der Waals surface area (Å²) >= 11 is 5.94. The molecule has 3 rings (SSSR count). The molecule has 0 saturated heterocycles. The van der Waals surface area contributed by atoms with Crippen LogP contribution >= 0.6 is 11.6 Å². The summed E-state index contributed by atoms with van der Waals surface area (Å²) in [7, 11) is 0. The Labute approximate surface area is 182 Å². The van der Waals surface area contributed by atoms with Crippen molar-refractivity contribution >= 4 is 23.2 Å². The van der Waals surface area contributed by atoms with Gasteiger partial charge in [-0.05, 0) is 60.7 Å². The second kappa shape index (κ2) is 10.6. The molecule has 0 bridgehead atoms. The molecule has 0 aromatic heterocycles. The van der Waals surface area contributed by atoms with E-state index in [-0.39, 0.29) is 5.91 Å². The molecule has 0 fully saturated rings. The Balaban J connectivity index is 1.45. The number of aryl methyl sites for hydroxylation is 1. The van der Waals surface area contributed by atoms with Crippen molar-refractivity contribution in [2.24, 2.45) is 5.10 Å². The Bertz CT molecular complexity index is 1020. The van der Waals surface area contributed by atoms with Crippen molar-refractivity contribution < 1.29 is 9.53 Å². The van der Waals surface area contributed by atoms with Crippen molar-refractivity contribution in [2.45, 2.75) is 26.7 Å². The van der Waals surface area contributed by atoms with Crippen LogP contribution in [0.4, 0.5) is 0 Å². The zero-order chi connectivity index (χ0) is 21.3. The van der Waals surface area contributed by atoms with E-state index in [1.807, 2.05) is 56.3 Å².